The maximum atomic E-state index is 13.0. The number of nitrogens with zero attached hydrogens (tertiary/aromatic N) is 1. The van der Waals surface area contributed by atoms with E-state index < -0.39 is 18.0 Å². The fraction of sp³-hybridized carbons (Fsp3) is 0.360. The van der Waals surface area contributed by atoms with Gasteiger partial charge in [0, 0.05) is 11.1 Å². The standard InChI is InChI=1S/C25H28ClNO3/c1-17(2)22(13-14-26)24(18(3)4)25(28)30-23(16-27)19-9-8-12-21(15-19)29-20-10-6-5-7-11-20/h5-15,17-18,22-24H,1-4H3. The topological polar surface area (TPSA) is 59.3 Å². The van der Waals surface area contributed by atoms with Crippen LogP contribution in [0.2, 0.25) is 0 Å². The number of ether oxygens (including phenoxy) is 2. The molecule has 0 fully saturated rings. The number of esters is 1. The third-order valence-electron chi connectivity index (χ3n) is 4.96. The number of allylic oxidation sites excluding steroid dienone is 1. The highest BCUT2D eigenvalue weighted by Crippen LogP contribution is 2.33. The molecule has 0 bridgehead atoms. The summed E-state index contributed by atoms with van der Waals surface area (Å²) in [7, 11) is 0. The van der Waals surface area contributed by atoms with E-state index in [9.17, 15) is 10.1 Å². The lowest BCUT2D eigenvalue weighted by molar-refractivity contribution is -0.155. The molecule has 2 aromatic carbocycles. The summed E-state index contributed by atoms with van der Waals surface area (Å²) >= 11 is 5.81. The Balaban J connectivity index is 2.22. The van der Waals surface area contributed by atoms with Crippen LogP contribution in [-0.2, 0) is 9.53 Å². The highest BCUT2D eigenvalue weighted by atomic mass is 35.5. The molecule has 30 heavy (non-hydrogen) atoms. The first kappa shape index (κ1) is 23.5. The quantitative estimate of drug-likeness (QED) is 0.410. The van der Waals surface area contributed by atoms with Crippen molar-refractivity contribution in [1.82, 2.24) is 0 Å². The first-order chi connectivity index (χ1) is 14.4. The summed E-state index contributed by atoms with van der Waals surface area (Å²) in [6.45, 7) is 8.02. The summed E-state index contributed by atoms with van der Waals surface area (Å²) in [6, 6.07) is 18.5. The van der Waals surface area contributed by atoms with Gasteiger partial charge < -0.3 is 9.47 Å². The number of hydrogen-bond acceptors (Lipinski definition) is 4. The van der Waals surface area contributed by atoms with Crippen molar-refractivity contribution < 1.29 is 14.3 Å². The van der Waals surface area contributed by atoms with Gasteiger partial charge in [0.05, 0.1) is 5.92 Å². The van der Waals surface area contributed by atoms with Crippen LogP contribution in [0.3, 0.4) is 0 Å². The van der Waals surface area contributed by atoms with Crippen molar-refractivity contribution in [1.29, 1.82) is 5.26 Å². The minimum atomic E-state index is -1.02. The van der Waals surface area contributed by atoms with E-state index in [0.717, 1.165) is 0 Å². The van der Waals surface area contributed by atoms with Crippen LogP contribution in [0.15, 0.2) is 66.2 Å². The Bertz CT molecular complexity index is 887. The number of benzene rings is 2. The lowest BCUT2D eigenvalue weighted by Gasteiger charge is -2.29. The van der Waals surface area contributed by atoms with Crippen molar-refractivity contribution >= 4 is 17.6 Å². The van der Waals surface area contributed by atoms with E-state index in [-0.39, 0.29) is 17.8 Å². The predicted molar refractivity (Wildman–Crippen MR) is 119 cm³/mol. The zero-order valence-corrected chi connectivity index (χ0v) is 18.5. The molecule has 0 heterocycles. The molecule has 0 aliphatic heterocycles. The molecule has 5 heteroatoms. The number of nitriles is 1. The number of carbonyl (C=O) groups is 1. The van der Waals surface area contributed by atoms with E-state index in [1.165, 1.54) is 5.54 Å². The van der Waals surface area contributed by atoms with Gasteiger partial charge in [0.25, 0.3) is 0 Å². The summed E-state index contributed by atoms with van der Waals surface area (Å²) in [6.07, 6.45) is 0.805. The largest absolute Gasteiger partial charge is 0.457 e. The fourth-order valence-electron chi connectivity index (χ4n) is 3.44. The lowest BCUT2D eigenvalue weighted by atomic mass is 9.77. The van der Waals surface area contributed by atoms with Crippen molar-refractivity contribution in [2.75, 3.05) is 0 Å². The first-order valence-corrected chi connectivity index (χ1v) is 10.5. The summed E-state index contributed by atoms with van der Waals surface area (Å²) < 4.78 is 11.5. The molecule has 4 nitrogen and oxygen atoms in total. The van der Waals surface area contributed by atoms with Crippen molar-refractivity contribution in [3.8, 4) is 17.6 Å². The molecule has 0 amide bonds. The third-order valence-corrected chi connectivity index (χ3v) is 5.11. The van der Waals surface area contributed by atoms with Gasteiger partial charge in [0.2, 0.25) is 6.10 Å². The molecule has 0 aliphatic carbocycles. The van der Waals surface area contributed by atoms with Crippen LogP contribution in [0.5, 0.6) is 11.5 Å². The van der Waals surface area contributed by atoms with E-state index in [1.54, 1.807) is 24.3 Å². The normalized spacial score (nSPS) is 14.3. The third kappa shape index (κ3) is 6.37. The fourth-order valence-corrected chi connectivity index (χ4v) is 3.61. The molecule has 0 radical (unpaired) electrons. The molecule has 3 unspecified atom stereocenters. The highest BCUT2D eigenvalue weighted by Gasteiger charge is 2.34. The second kappa shape index (κ2) is 11.4. The summed E-state index contributed by atoms with van der Waals surface area (Å²) in [4.78, 5) is 13.0. The Hall–Kier alpha value is -2.77. The van der Waals surface area contributed by atoms with E-state index in [0.29, 0.717) is 17.1 Å². The van der Waals surface area contributed by atoms with Crippen LogP contribution >= 0.6 is 11.6 Å². The van der Waals surface area contributed by atoms with Crippen LogP contribution in [-0.4, -0.2) is 5.97 Å². The Morgan fingerprint density at radius 2 is 1.67 bits per heavy atom. The molecule has 0 N–H and O–H groups in total. The van der Waals surface area contributed by atoms with Crippen LogP contribution in [0.1, 0.15) is 39.4 Å². The van der Waals surface area contributed by atoms with Gasteiger partial charge in [0.1, 0.15) is 17.6 Å². The molecule has 3 atom stereocenters. The molecule has 158 valence electrons. The molecule has 0 aromatic heterocycles. The van der Waals surface area contributed by atoms with Crippen LogP contribution in [0.25, 0.3) is 0 Å². The van der Waals surface area contributed by atoms with Gasteiger partial charge >= 0.3 is 5.97 Å². The summed E-state index contributed by atoms with van der Waals surface area (Å²) in [5.41, 5.74) is 2.01. The minimum absolute atomic E-state index is 0.0323. The average molecular weight is 426 g/mol. The average Bonchev–Trinajstić information content (AvgIpc) is 2.72. The van der Waals surface area contributed by atoms with Crippen molar-refractivity contribution in [2.24, 2.45) is 23.7 Å². The summed E-state index contributed by atoms with van der Waals surface area (Å²) in [5, 5.41) is 9.68. The molecule has 0 aliphatic rings. The highest BCUT2D eigenvalue weighted by molar-refractivity contribution is 6.25. The van der Waals surface area contributed by atoms with E-state index in [2.05, 4.69) is 6.07 Å². The van der Waals surface area contributed by atoms with Crippen molar-refractivity contribution in [2.45, 2.75) is 33.8 Å². The Kier molecular flexibility index (Phi) is 8.95. The van der Waals surface area contributed by atoms with Gasteiger partial charge in [-0.15, -0.1) is 0 Å². The van der Waals surface area contributed by atoms with Crippen molar-refractivity contribution in [3.63, 3.8) is 0 Å². The first-order valence-electron chi connectivity index (χ1n) is 10.1. The van der Waals surface area contributed by atoms with Crippen LogP contribution < -0.4 is 4.74 Å². The molecule has 2 aromatic rings. The minimum Gasteiger partial charge on any atom is -0.457 e. The van der Waals surface area contributed by atoms with Gasteiger partial charge in [0.15, 0.2) is 0 Å². The molecule has 0 saturated carbocycles. The maximum absolute atomic E-state index is 13.0. The van der Waals surface area contributed by atoms with Crippen molar-refractivity contribution in [3.05, 3.63) is 71.8 Å². The molecular formula is C25H28ClNO3. The second-order valence-corrected chi connectivity index (χ2v) is 8.10. The maximum Gasteiger partial charge on any atom is 0.311 e. The Labute approximate surface area is 184 Å². The zero-order chi connectivity index (χ0) is 22.1. The summed E-state index contributed by atoms with van der Waals surface area (Å²) in [5.74, 6) is 0.599. The number of carbonyl (C=O) groups excluding carboxylic acids is 1. The number of rotatable bonds is 9. The van der Waals surface area contributed by atoms with E-state index in [1.807, 2.05) is 64.1 Å². The smallest absolute Gasteiger partial charge is 0.311 e. The molecule has 0 saturated heterocycles. The van der Waals surface area contributed by atoms with Gasteiger partial charge in [-0.1, -0.05) is 75.7 Å². The molecule has 2 rings (SSSR count). The van der Waals surface area contributed by atoms with Gasteiger partial charge in [-0.2, -0.15) is 5.26 Å². The Morgan fingerprint density at radius 3 is 2.23 bits per heavy atom. The SMILES string of the molecule is CC(C)C(C=CCl)C(C(=O)OC(C#N)c1cccc(Oc2ccccc2)c1)C(C)C. The molecule has 0 spiro atoms. The van der Waals surface area contributed by atoms with E-state index >= 15 is 0 Å². The number of para-hydroxylation sites is 1. The number of halogens is 1. The van der Waals surface area contributed by atoms with Gasteiger partial charge in [-0.3, -0.25) is 4.79 Å². The number of hydrogen-bond donors (Lipinski definition) is 0. The van der Waals surface area contributed by atoms with E-state index in [4.69, 9.17) is 21.1 Å². The monoisotopic (exact) mass is 425 g/mol. The Morgan fingerprint density at radius 1 is 1.00 bits per heavy atom. The van der Waals surface area contributed by atoms with Crippen LogP contribution in [0.4, 0.5) is 0 Å². The lowest BCUT2D eigenvalue weighted by Crippen LogP contribution is -2.32. The molecular weight excluding hydrogens is 398 g/mol. The van der Waals surface area contributed by atoms with Crippen LogP contribution in [0, 0.1) is 35.0 Å². The predicted octanol–water partition coefficient (Wildman–Crippen LogP) is 6.88. The van der Waals surface area contributed by atoms with Gasteiger partial charge in [-0.25, -0.2) is 0 Å². The van der Waals surface area contributed by atoms with Gasteiger partial charge in [-0.05, 0) is 42.0 Å². The zero-order valence-electron chi connectivity index (χ0n) is 17.8. The second-order valence-electron chi connectivity index (χ2n) is 7.84.